The van der Waals surface area contributed by atoms with Gasteiger partial charge in [-0.15, -0.1) is 0 Å². The minimum absolute atomic E-state index is 0.509. The van der Waals surface area contributed by atoms with Gasteiger partial charge in [0.05, 0.1) is 0 Å². The molecule has 0 N–H and O–H groups in total. The molecule has 0 heterocycles. The Bertz CT molecular complexity index is 92.0. The highest BCUT2D eigenvalue weighted by molar-refractivity contribution is 4.95. The van der Waals surface area contributed by atoms with E-state index in [0.29, 0.717) is 10.8 Å². The molecule has 0 amide bonds. The Morgan fingerprint density at radius 2 is 1.60 bits per heavy atom. The van der Waals surface area contributed by atoms with E-state index in [9.17, 15) is 0 Å². The van der Waals surface area contributed by atoms with Crippen molar-refractivity contribution in [2.45, 2.75) is 47.0 Å². The molecule has 0 aromatic heterocycles. The summed E-state index contributed by atoms with van der Waals surface area (Å²) in [5, 5.41) is 0. The zero-order chi connectivity index (χ0) is 7.83. The molecule has 0 nitrogen and oxygen atoms in total. The second-order valence-electron chi connectivity index (χ2n) is 5.06. The molecule has 1 rings (SSSR count). The molecule has 0 aromatic carbocycles. The first kappa shape index (κ1) is 8.10. The molecular formula is C10H19. The Morgan fingerprint density at radius 3 is 1.90 bits per heavy atom. The minimum Gasteiger partial charge on any atom is -0.0599 e. The molecule has 1 fully saturated rings. The predicted octanol–water partition coefficient (Wildman–Crippen LogP) is 3.43. The van der Waals surface area contributed by atoms with Gasteiger partial charge in [-0.1, -0.05) is 27.7 Å². The van der Waals surface area contributed by atoms with Crippen LogP contribution in [-0.4, -0.2) is 0 Å². The Kier molecular flexibility index (Phi) is 1.82. The SMILES string of the molecule is CC1(C)[CH]CC(C)(C)CC1. The van der Waals surface area contributed by atoms with Crippen molar-refractivity contribution in [1.82, 2.24) is 0 Å². The van der Waals surface area contributed by atoms with Gasteiger partial charge in [0, 0.05) is 0 Å². The summed E-state index contributed by atoms with van der Waals surface area (Å²) in [5.41, 5.74) is 1.09. The average molecular weight is 139 g/mol. The molecule has 1 radical (unpaired) electrons. The summed E-state index contributed by atoms with van der Waals surface area (Å²) in [7, 11) is 0. The minimum atomic E-state index is 0.509. The van der Waals surface area contributed by atoms with Gasteiger partial charge in [-0.25, -0.2) is 0 Å². The van der Waals surface area contributed by atoms with Crippen LogP contribution in [0.5, 0.6) is 0 Å². The lowest BCUT2D eigenvalue weighted by molar-refractivity contribution is 0.193. The predicted molar refractivity (Wildman–Crippen MR) is 45.7 cm³/mol. The van der Waals surface area contributed by atoms with Crippen LogP contribution >= 0.6 is 0 Å². The average Bonchev–Trinajstić information content (AvgIpc) is 1.79. The summed E-state index contributed by atoms with van der Waals surface area (Å²) in [6.45, 7) is 9.39. The lowest BCUT2D eigenvalue weighted by Gasteiger charge is -2.38. The van der Waals surface area contributed by atoms with E-state index in [-0.39, 0.29) is 0 Å². The Balaban J connectivity index is 2.46. The van der Waals surface area contributed by atoms with Crippen LogP contribution in [-0.2, 0) is 0 Å². The van der Waals surface area contributed by atoms with Crippen molar-refractivity contribution in [2.75, 3.05) is 0 Å². The van der Waals surface area contributed by atoms with Crippen LogP contribution in [0.1, 0.15) is 47.0 Å². The molecule has 10 heavy (non-hydrogen) atoms. The fraction of sp³-hybridized carbons (Fsp3) is 0.900. The third kappa shape index (κ3) is 2.00. The molecule has 0 aromatic rings. The summed E-state index contributed by atoms with van der Waals surface area (Å²) in [6, 6.07) is 0. The van der Waals surface area contributed by atoms with Gasteiger partial charge in [-0.2, -0.15) is 0 Å². The summed E-state index contributed by atoms with van der Waals surface area (Å²) in [5.74, 6) is 0. The molecule has 0 atom stereocenters. The second kappa shape index (κ2) is 2.25. The highest BCUT2D eigenvalue weighted by Crippen LogP contribution is 2.43. The lowest BCUT2D eigenvalue weighted by Crippen LogP contribution is -2.26. The summed E-state index contributed by atoms with van der Waals surface area (Å²) in [6.07, 6.45) is 6.52. The van der Waals surface area contributed by atoms with Crippen molar-refractivity contribution in [2.24, 2.45) is 10.8 Å². The van der Waals surface area contributed by atoms with Gasteiger partial charge in [0.15, 0.2) is 0 Å². The molecule has 0 aliphatic heterocycles. The van der Waals surface area contributed by atoms with E-state index in [4.69, 9.17) is 0 Å². The lowest BCUT2D eigenvalue weighted by atomic mass is 9.67. The van der Waals surface area contributed by atoms with Crippen LogP contribution in [0.15, 0.2) is 0 Å². The van der Waals surface area contributed by atoms with Gasteiger partial charge in [-0.05, 0) is 36.5 Å². The molecule has 0 saturated heterocycles. The third-order valence-electron chi connectivity index (χ3n) is 2.65. The molecule has 0 heteroatoms. The molecular weight excluding hydrogens is 120 g/mol. The van der Waals surface area contributed by atoms with Crippen LogP contribution in [0, 0.1) is 17.3 Å². The summed E-state index contributed by atoms with van der Waals surface area (Å²) < 4.78 is 0. The molecule has 1 saturated carbocycles. The zero-order valence-electron chi connectivity index (χ0n) is 7.70. The molecule has 0 unspecified atom stereocenters. The Hall–Kier alpha value is 0. The number of hydrogen-bond donors (Lipinski definition) is 0. The van der Waals surface area contributed by atoms with Crippen molar-refractivity contribution < 1.29 is 0 Å². The van der Waals surface area contributed by atoms with Gasteiger partial charge in [-0.3, -0.25) is 0 Å². The van der Waals surface area contributed by atoms with E-state index >= 15 is 0 Å². The smallest absolute Gasteiger partial charge is 0.0323 e. The molecule has 0 bridgehead atoms. The van der Waals surface area contributed by atoms with Crippen molar-refractivity contribution in [3.8, 4) is 0 Å². The van der Waals surface area contributed by atoms with E-state index < -0.39 is 0 Å². The maximum absolute atomic E-state index is 2.48. The number of rotatable bonds is 0. The van der Waals surface area contributed by atoms with Crippen LogP contribution in [0.25, 0.3) is 0 Å². The highest BCUT2D eigenvalue weighted by atomic mass is 14.4. The quantitative estimate of drug-likeness (QED) is 0.482. The standard InChI is InChI=1S/C10H19/c1-9(2)5-7-10(3,4)8-6-9/h5H,6-8H2,1-4H3. The van der Waals surface area contributed by atoms with Gasteiger partial charge < -0.3 is 0 Å². The maximum atomic E-state index is 2.48. The van der Waals surface area contributed by atoms with Crippen molar-refractivity contribution >= 4 is 0 Å². The number of hydrogen-bond acceptors (Lipinski definition) is 0. The van der Waals surface area contributed by atoms with E-state index in [2.05, 4.69) is 34.1 Å². The topological polar surface area (TPSA) is 0 Å². The van der Waals surface area contributed by atoms with Crippen LogP contribution in [0.2, 0.25) is 0 Å². The summed E-state index contributed by atoms with van der Waals surface area (Å²) >= 11 is 0. The van der Waals surface area contributed by atoms with E-state index in [1.165, 1.54) is 19.3 Å². The second-order valence-corrected chi connectivity index (χ2v) is 5.06. The monoisotopic (exact) mass is 139 g/mol. The maximum Gasteiger partial charge on any atom is -0.0323 e. The van der Waals surface area contributed by atoms with Crippen LogP contribution in [0.4, 0.5) is 0 Å². The van der Waals surface area contributed by atoms with Gasteiger partial charge >= 0.3 is 0 Å². The first-order valence-corrected chi connectivity index (χ1v) is 4.26. The van der Waals surface area contributed by atoms with Crippen molar-refractivity contribution in [3.05, 3.63) is 6.42 Å². The van der Waals surface area contributed by atoms with Gasteiger partial charge in [0.25, 0.3) is 0 Å². The summed E-state index contributed by atoms with van der Waals surface area (Å²) in [4.78, 5) is 0. The van der Waals surface area contributed by atoms with Crippen molar-refractivity contribution in [3.63, 3.8) is 0 Å². The first-order valence-electron chi connectivity index (χ1n) is 4.26. The van der Waals surface area contributed by atoms with E-state index in [1.54, 1.807) is 0 Å². The molecule has 0 spiro atoms. The normalized spacial score (nSPS) is 30.0. The Labute approximate surface area is 65.0 Å². The molecule has 1 aliphatic rings. The molecule has 1 aliphatic carbocycles. The first-order chi connectivity index (χ1) is 4.41. The third-order valence-corrected chi connectivity index (χ3v) is 2.65. The van der Waals surface area contributed by atoms with Crippen molar-refractivity contribution in [1.29, 1.82) is 0 Å². The fourth-order valence-electron chi connectivity index (χ4n) is 1.42. The van der Waals surface area contributed by atoms with Crippen LogP contribution in [0.3, 0.4) is 0 Å². The zero-order valence-corrected chi connectivity index (χ0v) is 7.70. The fourth-order valence-corrected chi connectivity index (χ4v) is 1.42. The van der Waals surface area contributed by atoms with Gasteiger partial charge in [0.1, 0.15) is 0 Å². The van der Waals surface area contributed by atoms with E-state index in [1.807, 2.05) is 0 Å². The van der Waals surface area contributed by atoms with Gasteiger partial charge in [0.2, 0.25) is 0 Å². The Morgan fingerprint density at radius 1 is 1.00 bits per heavy atom. The highest BCUT2D eigenvalue weighted by Gasteiger charge is 2.31. The van der Waals surface area contributed by atoms with E-state index in [0.717, 1.165) is 0 Å². The largest absolute Gasteiger partial charge is 0.0599 e. The molecule has 59 valence electrons. The van der Waals surface area contributed by atoms with Crippen LogP contribution < -0.4 is 0 Å².